The predicted molar refractivity (Wildman–Crippen MR) is 80.0 cm³/mol. The number of benzene rings is 2. The van der Waals surface area contributed by atoms with Crippen molar-refractivity contribution in [1.82, 2.24) is 0 Å². The summed E-state index contributed by atoms with van der Waals surface area (Å²) in [5, 5.41) is 10.7. The summed E-state index contributed by atoms with van der Waals surface area (Å²) in [5.74, 6) is 1.54. The Labute approximate surface area is 127 Å². The molecule has 0 saturated heterocycles. The van der Waals surface area contributed by atoms with Gasteiger partial charge in [0.15, 0.2) is 11.5 Å². The molecule has 0 heterocycles. The first-order valence-corrected chi connectivity index (χ1v) is 6.76. The van der Waals surface area contributed by atoms with E-state index in [1.54, 1.807) is 31.4 Å². The van der Waals surface area contributed by atoms with Crippen LogP contribution >= 0.6 is 11.6 Å². The number of nitro benzene ring substituents is 1. The summed E-state index contributed by atoms with van der Waals surface area (Å²) in [6.45, 7) is 0.220. The minimum atomic E-state index is -0.431. The molecular weight excluding hydrogens is 294 g/mol. The number of non-ortho nitro benzene ring substituents is 1. The van der Waals surface area contributed by atoms with Crippen LogP contribution in [-0.2, 0) is 12.5 Å². The van der Waals surface area contributed by atoms with Gasteiger partial charge in [0, 0.05) is 18.0 Å². The molecule has 0 unspecified atom stereocenters. The van der Waals surface area contributed by atoms with Crippen LogP contribution in [0.1, 0.15) is 11.1 Å². The lowest BCUT2D eigenvalue weighted by molar-refractivity contribution is -0.384. The molecule has 110 valence electrons. The zero-order valence-corrected chi connectivity index (χ0v) is 12.2. The highest BCUT2D eigenvalue weighted by atomic mass is 35.5. The first-order chi connectivity index (χ1) is 10.1. The van der Waals surface area contributed by atoms with Crippen molar-refractivity contribution in [1.29, 1.82) is 0 Å². The number of methoxy groups -OCH3 is 1. The normalized spacial score (nSPS) is 10.2. The molecule has 0 N–H and O–H groups in total. The second kappa shape index (κ2) is 6.95. The number of alkyl halides is 1. The van der Waals surface area contributed by atoms with E-state index in [0.717, 1.165) is 5.56 Å². The summed E-state index contributed by atoms with van der Waals surface area (Å²) in [7, 11) is 1.55. The van der Waals surface area contributed by atoms with Crippen molar-refractivity contribution in [3.63, 3.8) is 0 Å². The Morgan fingerprint density at radius 1 is 1.14 bits per heavy atom. The van der Waals surface area contributed by atoms with E-state index in [-0.39, 0.29) is 12.3 Å². The van der Waals surface area contributed by atoms with Crippen molar-refractivity contribution in [3.05, 3.63) is 63.7 Å². The first-order valence-electron chi connectivity index (χ1n) is 6.23. The molecule has 0 aliphatic carbocycles. The summed E-state index contributed by atoms with van der Waals surface area (Å²) in [6, 6.07) is 11.7. The van der Waals surface area contributed by atoms with Gasteiger partial charge >= 0.3 is 0 Å². The molecule has 0 aliphatic heterocycles. The van der Waals surface area contributed by atoms with Crippen LogP contribution in [0.2, 0.25) is 0 Å². The lowest BCUT2D eigenvalue weighted by Gasteiger charge is -2.11. The quantitative estimate of drug-likeness (QED) is 0.461. The third-order valence-corrected chi connectivity index (χ3v) is 3.21. The molecule has 0 atom stereocenters. The van der Waals surface area contributed by atoms with E-state index >= 15 is 0 Å². The number of nitro groups is 1. The largest absolute Gasteiger partial charge is 0.493 e. The minimum absolute atomic E-state index is 0.0422. The van der Waals surface area contributed by atoms with Gasteiger partial charge in [-0.2, -0.15) is 0 Å². The molecule has 5 nitrogen and oxygen atoms in total. The Morgan fingerprint density at radius 2 is 1.95 bits per heavy atom. The summed E-state index contributed by atoms with van der Waals surface area (Å²) >= 11 is 5.77. The smallest absolute Gasteiger partial charge is 0.269 e. The molecule has 0 aromatic heterocycles. The van der Waals surface area contributed by atoms with Crippen molar-refractivity contribution in [2.45, 2.75) is 12.5 Å². The van der Waals surface area contributed by atoms with Crippen molar-refractivity contribution in [2.24, 2.45) is 0 Å². The first kappa shape index (κ1) is 15.1. The van der Waals surface area contributed by atoms with Crippen LogP contribution in [0.15, 0.2) is 42.5 Å². The van der Waals surface area contributed by atoms with Gasteiger partial charge in [0.2, 0.25) is 0 Å². The SMILES string of the molecule is COc1cc(CCl)ccc1OCc1cccc([N+](=O)[O-])c1. The molecule has 0 amide bonds. The number of ether oxygens (including phenoxy) is 2. The van der Waals surface area contributed by atoms with Gasteiger partial charge < -0.3 is 9.47 Å². The van der Waals surface area contributed by atoms with Crippen LogP contribution in [-0.4, -0.2) is 12.0 Å². The Bertz CT molecular complexity index is 645. The molecule has 0 fully saturated rings. The summed E-state index contributed by atoms with van der Waals surface area (Å²) < 4.78 is 10.9. The maximum absolute atomic E-state index is 10.7. The zero-order valence-electron chi connectivity index (χ0n) is 11.4. The summed E-state index contributed by atoms with van der Waals surface area (Å²) in [6.07, 6.45) is 0. The molecule has 2 rings (SSSR count). The van der Waals surface area contributed by atoms with Crippen molar-refractivity contribution < 1.29 is 14.4 Å². The Balaban J connectivity index is 2.12. The Kier molecular flexibility index (Phi) is 5.00. The van der Waals surface area contributed by atoms with E-state index in [0.29, 0.717) is 22.9 Å². The molecular formula is C15H14ClNO4. The molecule has 0 bridgehead atoms. The molecule has 2 aromatic carbocycles. The lowest BCUT2D eigenvalue weighted by atomic mass is 10.2. The van der Waals surface area contributed by atoms with E-state index < -0.39 is 4.92 Å². The van der Waals surface area contributed by atoms with E-state index in [4.69, 9.17) is 21.1 Å². The highest BCUT2D eigenvalue weighted by molar-refractivity contribution is 6.17. The monoisotopic (exact) mass is 307 g/mol. The molecule has 0 radical (unpaired) electrons. The van der Waals surface area contributed by atoms with Gasteiger partial charge in [0.25, 0.3) is 5.69 Å². The zero-order chi connectivity index (χ0) is 15.2. The van der Waals surface area contributed by atoms with Crippen LogP contribution in [0.3, 0.4) is 0 Å². The number of halogens is 1. The van der Waals surface area contributed by atoms with E-state index in [1.165, 1.54) is 12.1 Å². The lowest BCUT2D eigenvalue weighted by Crippen LogP contribution is -1.99. The highest BCUT2D eigenvalue weighted by Crippen LogP contribution is 2.29. The maximum Gasteiger partial charge on any atom is 0.269 e. The second-order valence-electron chi connectivity index (χ2n) is 4.33. The Morgan fingerprint density at radius 3 is 2.62 bits per heavy atom. The third kappa shape index (κ3) is 3.86. The van der Waals surface area contributed by atoms with E-state index in [1.807, 2.05) is 6.07 Å². The second-order valence-corrected chi connectivity index (χ2v) is 4.60. The summed E-state index contributed by atoms with van der Waals surface area (Å²) in [5.41, 5.74) is 1.68. The van der Waals surface area contributed by atoms with Crippen molar-refractivity contribution >= 4 is 17.3 Å². The number of hydrogen-bond acceptors (Lipinski definition) is 4. The van der Waals surface area contributed by atoms with Crippen molar-refractivity contribution in [3.8, 4) is 11.5 Å². The van der Waals surface area contributed by atoms with Gasteiger partial charge in [-0.15, -0.1) is 11.6 Å². The predicted octanol–water partition coefficient (Wildman–Crippen LogP) is 3.92. The van der Waals surface area contributed by atoms with E-state index in [2.05, 4.69) is 0 Å². The van der Waals surface area contributed by atoms with Crippen LogP contribution in [0.25, 0.3) is 0 Å². The molecule has 0 aliphatic rings. The average Bonchev–Trinajstić information content (AvgIpc) is 2.53. The molecule has 0 saturated carbocycles. The maximum atomic E-state index is 10.7. The van der Waals surface area contributed by atoms with Crippen molar-refractivity contribution in [2.75, 3.05) is 7.11 Å². The van der Waals surface area contributed by atoms with Gasteiger partial charge in [-0.1, -0.05) is 18.2 Å². The Hall–Kier alpha value is -2.27. The molecule has 21 heavy (non-hydrogen) atoms. The molecule has 6 heteroatoms. The van der Waals surface area contributed by atoms with Crippen LogP contribution in [0, 0.1) is 10.1 Å². The van der Waals surface area contributed by atoms with E-state index in [9.17, 15) is 10.1 Å². The number of rotatable bonds is 6. The number of hydrogen-bond donors (Lipinski definition) is 0. The topological polar surface area (TPSA) is 61.6 Å². The minimum Gasteiger partial charge on any atom is -0.493 e. The van der Waals surface area contributed by atoms with Crippen LogP contribution in [0.4, 0.5) is 5.69 Å². The van der Waals surface area contributed by atoms with Gasteiger partial charge in [0.05, 0.1) is 12.0 Å². The molecule has 0 spiro atoms. The van der Waals surface area contributed by atoms with Gasteiger partial charge in [-0.25, -0.2) is 0 Å². The fourth-order valence-electron chi connectivity index (χ4n) is 1.84. The van der Waals surface area contributed by atoms with Gasteiger partial charge in [0.1, 0.15) is 6.61 Å². The third-order valence-electron chi connectivity index (χ3n) is 2.90. The molecule has 2 aromatic rings. The van der Waals surface area contributed by atoms with Gasteiger partial charge in [-0.05, 0) is 23.3 Å². The number of nitrogens with zero attached hydrogens (tertiary/aromatic N) is 1. The van der Waals surface area contributed by atoms with Crippen LogP contribution in [0.5, 0.6) is 11.5 Å². The standard InChI is InChI=1S/C15H14ClNO4/c1-20-15-8-11(9-16)5-6-14(15)21-10-12-3-2-4-13(7-12)17(18)19/h2-8H,9-10H2,1H3. The fourth-order valence-corrected chi connectivity index (χ4v) is 2.00. The van der Waals surface area contributed by atoms with Crippen LogP contribution < -0.4 is 9.47 Å². The average molecular weight is 308 g/mol. The fraction of sp³-hybridized carbons (Fsp3) is 0.200. The highest BCUT2D eigenvalue weighted by Gasteiger charge is 2.08. The summed E-state index contributed by atoms with van der Waals surface area (Å²) in [4.78, 5) is 10.3. The van der Waals surface area contributed by atoms with Gasteiger partial charge in [-0.3, -0.25) is 10.1 Å².